The molecule has 1 aromatic rings. The Kier molecular flexibility index (Phi) is 4.32. The lowest BCUT2D eigenvalue weighted by Gasteiger charge is -2.28. The summed E-state index contributed by atoms with van der Waals surface area (Å²) in [4.78, 5) is 0. The summed E-state index contributed by atoms with van der Waals surface area (Å²) in [5.41, 5.74) is -1.51. The van der Waals surface area contributed by atoms with Gasteiger partial charge in [-0.1, -0.05) is 54.3 Å². The Morgan fingerprint density at radius 3 is 1.95 bits per heavy atom. The Labute approximate surface area is 112 Å². The quantitative estimate of drug-likeness (QED) is 0.845. The third-order valence-corrected chi connectivity index (χ3v) is 5.82. The van der Waals surface area contributed by atoms with Crippen LogP contribution in [0.2, 0.25) is 13.1 Å². The first-order chi connectivity index (χ1) is 8.44. The van der Waals surface area contributed by atoms with E-state index in [1.165, 1.54) is 19.5 Å². The standard InChI is InChI=1S/C14H19F3OSi/c1-13(2,18)12(14(15,16)17)10-19(3,4)11-8-6-5-7-9-11/h5-10,18H,1-4H3/b12-10-. The van der Waals surface area contributed by atoms with Crippen molar-refractivity contribution in [1.29, 1.82) is 0 Å². The molecule has 0 aromatic heterocycles. The number of hydrogen-bond donors (Lipinski definition) is 1. The van der Waals surface area contributed by atoms with Gasteiger partial charge < -0.3 is 5.11 Å². The third kappa shape index (κ3) is 4.21. The van der Waals surface area contributed by atoms with E-state index in [0.717, 1.165) is 5.19 Å². The van der Waals surface area contributed by atoms with Gasteiger partial charge in [-0.2, -0.15) is 13.2 Å². The van der Waals surface area contributed by atoms with Gasteiger partial charge in [-0.3, -0.25) is 0 Å². The number of rotatable bonds is 3. The number of halogens is 3. The molecular weight excluding hydrogens is 269 g/mol. The maximum atomic E-state index is 13.1. The largest absolute Gasteiger partial charge is 0.414 e. The average Bonchev–Trinajstić information content (AvgIpc) is 2.24. The van der Waals surface area contributed by atoms with Crippen molar-refractivity contribution in [2.75, 3.05) is 0 Å². The van der Waals surface area contributed by atoms with Gasteiger partial charge in [-0.05, 0) is 13.8 Å². The first kappa shape index (κ1) is 16.0. The van der Waals surface area contributed by atoms with E-state index in [9.17, 15) is 18.3 Å². The molecule has 0 amide bonds. The topological polar surface area (TPSA) is 20.2 Å². The molecule has 0 aliphatic heterocycles. The molecular formula is C14H19F3OSi. The highest BCUT2D eigenvalue weighted by atomic mass is 28.3. The van der Waals surface area contributed by atoms with Crippen molar-refractivity contribution in [2.24, 2.45) is 0 Å². The highest BCUT2D eigenvalue weighted by Gasteiger charge is 2.43. The van der Waals surface area contributed by atoms with Crippen LogP contribution in [0.3, 0.4) is 0 Å². The van der Waals surface area contributed by atoms with E-state index in [-0.39, 0.29) is 0 Å². The highest BCUT2D eigenvalue weighted by molar-refractivity contribution is 6.94. The maximum Gasteiger partial charge on any atom is 0.414 e. The number of benzene rings is 1. The second-order valence-electron chi connectivity index (χ2n) is 5.70. The zero-order valence-electron chi connectivity index (χ0n) is 11.5. The molecule has 0 fully saturated rings. The monoisotopic (exact) mass is 288 g/mol. The Morgan fingerprint density at radius 1 is 1.11 bits per heavy atom. The van der Waals surface area contributed by atoms with Gasteiger partial charge in [0.25, 0.3) is 0 Å². The summed E-state index contributed by atoms with van der Waals surface area (Å²) in [7, 11) is -2.40. The maximum absolute atomic E-state index is 13.1. The van der Waals surface area contributed by atoms with E-state index in [1.54, 1.807) is 0 Å². The van der Waals surface area contributed by atoms with E-state index in [2.05, 4.69) is 0 Å². The van der Waals surface area contributed by atoms with Gasteiger partial charge in [-0.25, -0.2) is 0 Å². The average molecular weight is 288 g/mol. The predicted molar refractivity (Wildman–Crippen MR) is 74.0 cm³/mol. The Balaban J connectivity index is 3.30. The van der Waals surface area contributed by atoms with Gasteiger partial charge in [0.15, 0.2) is 0 Å². The van der Waals surface area contributed by atoms with Gasteiger partial charge >= 0.3 is 6.18 Å². The predicted octanol–water partition coefficient (Wildman–Crippen LogP) is 3.40. The van der Waals surface area contributed by atoms with Crippen molar-refractivity contribution in [3.05, 3.63) is 41.6 Å². The molecule has 5 heteroatoms. The van der Waals surface area contributed by atoms with Crippen LogP contribution < -0.4 is 5.19 Å². The number of hydrogen-bond acceptors (Lipinski definition) is 1. The van der Waals surface area contributed by atoms with E-state index in [1.807, 2.05) is 43.4 Å². The third-order valence-electron chi connectivity index (χ3n) is 2.99. The Bertz CT molecular complexity index is 440. The minimum absolute atomic E-state index is 0.861. The molecule has 106 valence electrons. The molecule has 1 aromatic carbocycles. The van der Waals surface area contributed by atoms with Crippen LogP contribution in [0, 0.1) is 0 Å². The molecule has 0 radical (unpaired) electrons. The van der Waals surface area contributed by atoms with E-state index < -0.39 is 25.4 Å². The zero-order valence-corrected chi connectivity index (χ0v) is 12.5. The lowest BCUT2D eigenvalue weighted by Crippen LogP contribution is -2.43. The summed E-state index contributed by atoms with van der Waals surface area (Å²) in [6.45, 7) is 6.00. The van der Waals surface area contributed by atoms with Gasteiger partial charge in [-0.15, -0.1) is 0 Å². The van der Waals surface area contributed by atoms with Crippen molar-refractivity contribution in [1.82, 2.24) is 0 Å². The molecule has 0 saturated carbocycles. The van der Waals surface area contributed by atoms with Crippen LogP contribution in [0.5, 0.6) is 0 Å². The molecule has 0 spiro atoms. The van der Waals surface area contributed by atoms with Crippen LogP contribution >= 0.6 is 0 Å². The second-order valence-corrected chi connectivity index (χ2v) is 10.0. The van der Waals surface area contributed by atoms with E-state index in [0.29, 0.717) is 0 Å². The van der Waals surface area contributed by atoms with Crippen LogP contribution in [0.4, 0.5) is 13.2 Å². The molecule has 1 nitrogen and oxygen atoms in total. The highest BCUT2D eigenvalue weighted by Crippen LogP contribution is 2.34. The number of aliphatic hydroxyl groups is 1. The summed E-state index contributed by atoms with van der Waals surface area (Å²) < 4.78 is 39.2. The Morgan fingerprint density at radius 2 is 1.58 bits per heavy atom. The summed E-state index contributed by atoms with van der Waals surface area (Å²) in [6, 6.07) is 9.13. The van der Waals surface area contributed by atoms with Crippen molar-refractivity contribution in [2.45, 2.75) is 38.7 Å². The Hall–Kier alpha value is -1.07. The molecule has 0 aliphatic rings. The van der Waals surface area contributed by atoms with Crippen LogP contribution in [0.1, 0.15) is 13.8 Å². The minimum Gasteiger partial charge on any atom is -0.386 e. The summed E-state index contributed by atoms with van der Waals surface area (Å²) in [5.74, 6) is 0. The first-order valence-corrected chi connectivity index (χ1v) is 9.11. The van der Waals surface area contributed by atoms with Gasteiger partial charge in [0.2, 0.25) is 0 Å². The van der Waals surface area contributed by atoms with Crippen LogP contribution in [0.15, 0.2) is 41.6 Å². The fraction of sp³-hybridized carbons (Fsp3) is 0.429. The summed E-state index contributed by atoms with van der Waals surface area (Å²) in [5, 5.41) is 10.7. The van der Waals surface area contributed by atoms with Gasteiger partial charge in [0.1, 0.15) is 8.07 Å². The molecule has 1 N–H and O–H groups in total. The van der Waals surface area contributed by atoms with Crippen molar-refractivity contribution in [3.8, 4) is 0 Å². The minimum atomic E-state index is -4.52. The molecule has 0 bridgehead atoms. The molecule has 1 rings (SSSR count). The number of alkyl halides is 3. The molecule has 0 saturated heterocycles. The molecule has 19 heavy (non-hydrogen) atoms. The molecule has 0 atom stereocenters. The normalized spacial score (nSPS) is 14.6. The fourth-order valence-corrected chi connectivity index (χ4v) is 4.37. The van der Waals surface area contributed by atoms with Crippen LogP contribution in [-0.4, -0.2) is 25.0 Å². The van der Waals surface area contributed by atoms with Crippen molar-refractivity contribution in [3.63, 3.8) is 0 Å². The first-order valence-electron chi connectivity index (χ1n) is 6.03. The summed E-state index contributed by atoms with van der Waals surface area (Å²) in [6.07, 6.45) is -4.52. The fourth-order valence-electron chi connectivity index (χ4n) is 1.92. The van der Waals surface area contributed by atoms with Crippen molar-refractivity contribution < 1.29 is 18.3 Å². The second kappa shape index (κ2) is 5.13. The zero-order chi connectivity index (χ0) is 14.9. The smallest absolute Gasteiger partial charge is 0.386 e. The van der Waals surface area contributed by atoms with E-state index in [4.69, 9.17) is 0 Å². The molecule has 0 aliphatic carbocycles. The summed E-state index contributed by atoms with van der Waals surface area (Å²) >= 11 is 0. The SMILES string of the molecule is CC(C)(O)/C(=C/[Si](C)(C)c1ccccc1)C(F)(F)F. The van der Waals surface area contributed by atoms with Crippen LogP contribution in [0.25, 0.3) is 0 Å². The molecule has 0 unspecified atom stereocenters. The molecule has 0 heterocycles. The lowest BCUT2D eigenvalue weighted by atomic mass is 10.00. The van der Waals surface area contributed by atoms with Crippen LogP contribution in [-0.2, 0) is 0 Å². The van der Waals surface area contributed by atoms with Gasteiger partial charge in [0.05, 0.1) is 11.2 Å². The lowest BCUT2D eigenvalue weighted by molar-refractivity contribution is -0.115. The van der Waals surface area contributed by atoms with Crippen molar-refractivity contribution >= 4 is 13.3 Å². The van der Waals surface area contributed by atoms with Gasteiger partial charge in [0, 0.05) is 0 Å². The van der Waals surface area contributed by atoms with E-state index >= 15 is 0 Å².